The van der Waals surface area contributed by atoms with Gasteiger partial charge in [-0.1, -0.05) is 13.0 Å². The number of pyridine rings is 1. The van der Waals surface area contributed by atoms with Gasteiger partial charge in [0.05, 0.1) is 5.69 Å². The summed E-state index contributed by atoms with van der Waals surface area (Å²) in [7, 11) is 1.82. The van der Waals surface area contributed by atoms with E-state index in [2.05, 4.69) is 27.2 Å². The van der Waals surface area contributed by atoms with Gasteiger partial charge in [0.1, 0.15) is 5.69 Å². The van der Waals surface area contributed by atoms with Crippen molar-refractivity contribution in [3.63, 3.8) is 0 Å². The van der Waals surface area contributed by atoms with Crippen molar-refractivity contribution in [2.45, 2.75) is 19.9 Å². The lowest BCUT2D eigenvalue weighted by Crippen LogP contribution is -2.15. The quantitative estimate of drug-likeness (QED) is 0.845. The molecule has 2 heterocycles. The number of aryl methyl sites for hydroxylation is 1. The van der Waals surface area contributed by atoms with Crippen LogP contribution in [-0.2, 0) is 13.0 Å². The minimum Gasteiger partial charge on any atom is -0.314 e. The Bertz CT molecular complexity index is 592. The fourth-order valence-electron chi connectivity index (χ4n) is 1.83. The van der Waals surface area contributed by atoms with Crippen LogP contribution in [0, 0.1) is 0 Å². The van der Waals surface area contributed by atoms with Crippen molar-refractivity contribution in [1.82, 2.24) is 20.3 Å². The van der Waals surface area contributed by atoms with Crippen LogP contribution in [0.5, 0.6) is 0 Å². The zero-order valence-corrected chi connectivity index (χ0v) is 10.5. The highest BCUT2D eigenvalue weighted by Crippen LogP contribution is 2.16. The van der Waals surface area contributed by atoms with Gasteiger partial charge in [-0.25, -0.2) is 4.98 Å². The molecule has 2 N–H and O–H groups in total. The molecule has 0 saturated heterocycles. The Morgan fingerprint density at radius 1 is 1.44 bits per heavy atom. The summed E-state index contributed by atoms with van der Waals surface area (Å²) < 4.78 is 0. The molecule has 5 nitrogen and oxygen atoms in total. The molecule has 0 spiro atoms. The second kappa shape index (κ2) is 5.55. The van der Waals surface area contributed by atoms with Crippen LogP contribution >= 0.6 is 0 Å². The zero-order chi connectivity index (χ0) is 13.0. The molecule has 2 aromatic heterocycles. The van der Waals surface area contributed by atoms with E-state index in [1.165, 1.54) is 6.07 Å². The van der Waals surface area contributed by atoms with E-state index in [1.807, 2.05) is 19.2 Å². The van der Waals surface area contributed by atoms with Gasteiger partial charge in [0.2, 0.25) is 0 Å². The van der Waals surface area contributed by atoms with E-state index in [-0.39, 0.29) is 5.56 Å². The summed E-state index contributed by atoms with van der Waals surface area (Å²) in [5, 5.41) is 2.98. The van der Waals surface area contributed by atoms with Gasteiger partial charge >= 0.3 is 0 Å². The first-order chi connectivity index (χ1) is 8.74. The first kappa shape index (κ1) is 12.4. The predicted octanol–water partition coefficient (Wildman–Crippen LogP) is 1.11. The number of H-pyrrole nitrogens is 1. The normalized spacial score (nSPS) is 10.6. The second-order valence-corrected chi connectivity index (χ2v) is 3.98. The van der Waals surface area contributed by atoms with Gasteiger partial charge in [0, 0.05) is 18.8 Å². The average molecular weight is 244 g/mol. The SMILES string of the molecule is CCc1cccnc1-c1nc(CNC)cc(=O)[nH]1. The van der Waals surface area contributed by atoms with Crippen LogP contribution in [-0.4, -0.2) is 22.0 Å². The third-order valence-corrected chi connectivity index (χ3v) is 2.65. The first-order valence-corrected chi connectivity index (χ1v) is 5.93. The molecule has 0 radical (unpaired) electrons. The van der Waals surface area contributed by atoms with Crippen molar-refractivity contribution in [3.05, 3.63) is 46.0 Å². The van der Waals surface area contributed by atoms with Crippen molar-refractivity contribution < 1.29 is 0 Å². The number of rotatable bonds is 4. The lowest BCUT2D eigenvalue weighted by Gasteiger charge is -2.07. The number of nitrogens with one attached hydrogen (secondary N) is 2. The van der Waals surface area contributed by atoms with Crippen LogP contribution in [0.4, 0.5) is 0 Å². The molecule has 0 saturated carbocycles. The monoisotopic (exact) mass is 244 g/mol. The third-order valence-electron chi connectivity index (χ3n) is 2.65. The number of aromatic nitrogens is 3. The minimum absolute atomic E-state index is 0.155. The van der Waals surface area contributed by atoms with Gasteiger partial charge < -0.3 is 10.3 Å². The van der Waals surface area contributed by atoms with Crippen LogP contribution in [0.1, 0.15) is 18.2 Å². The molecular formula is C13H16N4O. The summed E-state index contributed by atoms with van der Waals surface area (Å²) >= 11 is 0. The highest BCUT2D eigenvalue weighted by atomic mass is 16.1. The molecule has 2 rings (SSSR count). The molecule has 94 valence electrons. The lowest BCUT2D eigenvalue weighted by atomic mass is 10.1. The van der Waals surface area contributed by atoms with Crippen LogP contribution in [0.15, 0.2) is 29.2 Å². The van der Waals surface area contributed by atoms with Crippen LogP contribution in [0.3, 0.4) is 0 Å². The standard InChI is InChI=1S/C13H16N4O/c1-3-9-5-4-6-15-12(9)13-16-10(8-14-2)7-11(18)17-13/h4-7,14H,3,8H2,1-2H3,(H,16,17,18). The summed E-state index contributed by atoms with van der Waals surface area (Å²) in [6.45, 7) is 2.61. The Labute approximate surface area is 105 Å². The molecule has 0 aliphatic heterocycles. The molecule has 18 heavy (non-hydrogen) atoms. The van der Waals surface area contributed by atoms with Crippen molar-refractivity contribution in [3.8, 4) is 11.5 Å². The summed E-state index contributed by atoms with van der Waals surface area (Å²) in [6.07, 6.45) is 2.56. The molecule has 0 aliphatic rings. The van der Waals surface area contributed by atoms with E-state index >= 15 is 0 Å². The maximum absolute atomic E-state index is 11.6. The molecule has 0 bridgehead atoms. The van der Waals surface area contributed by atoms with E-state index in [0.717, 1.165) is 17.7 Å². The van der Waals surface area contributed by atoms with Gasteiger partial charge in [0.25, 0.3) is 5.56 Å². The van der Waals surface area contributed by atoms with E-state index in [1.54, 1.807) is 6.20 Å². The molecule has 0 unspecified atom stereocenters. The summed E-state index contributed by atoms with van der Waals surface area (Å²) in [5.41, 5.74) is 2.37. The molecule has 0 atom stereocenters. The van der Waals surface area contributed by atoms with Crippen LogP contribution in [0.2, 0.25) is 0 Å². The molecular weight excluding hydrogens is 228 g/mol. The van der Waals surface area contributed by atoms with E-state index in [9.17, 15) is 4.79 Å². The predicted molar refractivity (Wildman–Crippen MR) is 70.2 cm³/mol. The number of nitrogens with zero attached hydrogens (tertiary/aromatic N) is 2. The van der Waals surface area contributed by atoms with Crippen molar-refractivity contribution in [2.75, 3.05) is 7.05 Å². The smallest absolute Gasteiger partial charge is 0.251 e. The van der Waals surface area contributed by atoms with Gasteiger partial charge in [-0.2, -0.15) is 0 Å². The van der Waals surface area contributed by atoms with Gasteiger partial charge in [-0.3, -0.25) is 9.78 Å². The average Bonchev–Trinajstić information content (AvgIpc) is 2.38. The van der Waals surface area contributed by atoms with E-state index < -0.39 is 0 Å². The first-order valence-electron chi connectivity index (χ1n) is 5.93. The number of aromatic amines is 1. The van der Waals surface area contributed by atoms with Crippen LogP contribution < -0.4 is 10.9 Å². The second-order valence-electron chi connectivity index (χ2n) is 3.98. The zero-order valence-electron chi connectivity index (χ0n) is 10.5. The van der Waals surface area contributed by atoms with Gasteiger partial charge in [0.15, 0.2) is 5.82 Å². The highest BCUT2D eigenvalue weighted by molar-refractivity contribution is 5.54. The maximum atomic E-state index is 11.6. The van der Waals surface area contributed by atoms with Gasteiger partial charge in [-0.15, -0.1) is 0 Å². The van der Waals surface area contributed by atoms with Crippen molar-refractivity contribution in [2.24, 2.45) is 0 Å². The van der Waals surface area contributed by atoms with Gasteiger partial charge in [-0.05, 0) is 25.1 Å². The van der Waals surface area contributed by atoms with E-state index in [0.29, 0.717) is 18.1 Å². The Balaban J connectivity index is 2.53. The van der Waals surface area contributed by atoms with Crippen LogP contribution in [0.25, 0.3) is 11.5 Å². The Kier molecular flexibility index (Phi) is 3.84. The largest absolute Gasteiger partial charge is 0.314 e. The fraction of sp³-hybridized carbons (Fsp3) is 0.308. The Hall–Kier alpha value is -2.01. The summed E-state index contributed by atoms with van der Waals surface area (Å²) in [4.78, 5) is 23.1. The Morgan fingerprint density at radius 2 is 2.28 bits per heavy atom. The minimum atomic E-state index is -0.155. The lowest BCUT2D eigenvalue weighted by molar-refractivity contribution is 0.784. The van der Waals surface area contributed by atoms with E-state index in [4.69, 9.17) is 0 Å². The molecule has 0 amide bonds. The fourth-order valence-corrected chi connectivity index (χ4v) is 1.83. The number of hydrogen-bond donors (Lipinski definition) is 2. The topological polar surface area (TPSA) is 70.7 Å². The third kappa shape index (κ3) is 2.62. The molecule has 2 aromatic rings. The summed E-state index contributed by atoms with van der Waals surface area (Å²) in [5.74, 6) is 0.533. The molecule has 0 aromatic carbocycles. The Morgan fingerprint density at radius 3 is 3.00 bits per heavy atom. The van der Waals surface area contributed by atoms with Crippen molar-refractivity contribution >= 4 is 0 Å². The highest BCUT2D eigenvalue weighted by Gasteiger charge is 2.08. The molecule has 0 fully saturated rings. The maximum Gasteiger partial charge on any atom is 0.251 e. The number of hydrogen-bond acceptors (Lipinski definition) is 4. The summed E-state index contributed by atoms with van der Waals surface area (Å²) in [6, 6.07) is 5.37. The van der Waals surface area contributed by atoms with Crippen molar-refractivity contribution in [1.29, 1.82) is 0 Å². The molecule has 5 heteroatoms. The molecule has 0 aliphatic carbocycles.